The Balaban J connectivity index is 0.00000484. The molecule has 0 saturated carbocycles. The molecule has 0 N–H and O–H groups in total. The van der Waals surface area contributed by atoms with Gasteiger partial charge in [0, 0.05) is 66.8 Å². The molecule has 300 valence electrons. The third kappa shape index (κ3) is 7.47. The van der Waals surface area contributed by atoms with Crippen LogP contribution in [0.5, 0.6) is 11.5 Å². The van der Waals surface area contributed by atoms with E-state index in [-0.39, 0.29) is 37.3 Å². The quantitative estimate of drug-likeness (QED) is 0.149. The Kier molecular flexibility index (Phi) is 10.3. The number of benzene rings is 6. The van der Waals surface area contributed by atoms with E-state index >= 15 is 0 Å². The van der Waals surface area contributed by atoms with E-state index in [0.29, 0.717) is 11.5 Å². The molecule has 0 bridgehead atoms. The van der Waals surface area contributed by atoms with Gasteiger partial charge in [0.15, 0.2) is 0 Å². The van der Waals surface area contributed by atoms with E-state index in [1.54, 1.807) is 0 Å². The fraction of sp³-hybridized carbons (Fsp3) is 0.208. The molecule has 0 aliphatic carbocycles. The second-order valence-electron chi connectivity index (χ2n) is 17.9. The van der Waals surface area contributed by atoms with Crippen LogP contribution in [0.4, 0.5) is 22.7 Å². The number of hydrogen-bond donors (Lipinski definition) is 0. The van der Waals surface area contributed by atoms with Gasteiger partial charge in [0.1, 0.15) is 5.82 Å². The van der Waals surface area contributed by atoms with E-state index in [9.17, 15) is 0 Å². The van der Waals surface area contributed by atoms with E-state index in [4.69, 9.17) is 9.72 Å². The molecule has 9 rings (SSSR count). The van der Waals surface area contributed by atoms with Crippen molar-refractivity contribution in [2.45, 2.75) is 71.6 Å². The molecule has 2 aromatic heterocycles. The van der Waals surface area contributed by atoms with Crippen LogP contribution in [0, 0.1) is 18.8 Å². The molecular formula is C53H49N4OPt-3. The van der Waals surface area contributed by atoms with Gasteiger partial charge >= 0.3 is 0 Å². The van der Waals surface area contributed by atoms with Crippen LogP contribution in [0.2, 0.25) is 0 Å². The fourth-order valence-electron chi connectivity index (χ4n) is 8.03. The molecule has 59 heavy (non-hydrogen) atoms. The predicted octanol–water partition coefficient (Wildman–Crippen LogP) is 13.9. The van der Waals surface area contributed by atoms with Crippen molar-refractivity contribution in [3.05, 3.63) is 187 Å². The summed E-state index contributed by atoms with van der Waals surface area (Å²) in [4.78, 5) is 9.36. The number of aromatic nitrogens is 2. The van der Waals surface area contributed by atoms with Crippen LogP contribution in [0.25, 0.3) is 27.6 Å². The van der Waals surface area contributed by atoms with E-state index < -0.39 is 0 Å². The summed E-state index contributed by atoms with van der Waals surface area (Å²) >= 11 is 0. The first-order valence-corrected chi connectivity index (χ1v) is 20.1. The van der Waals surface area contributed by atoms with Gasteiger partial charge in [0.05, 0.1) is 0 Å². The van der Waals surface area contributed by atoms with Crippen molar-refractivity contribution in [2.24, 2.45) is 0 Å². The average Bonchev–Trinajstić information content (AvgIpc) is 3.76. The minimum Gasteiger partial charge on any atom is -0.509 e. The maximum absolute atomic E-state index is 6.64. The van der Waals surface area contributed by atoms with Crippen molar-refractivity contribution in [1.82, 2.24) is 9.55 Å². The predicted molar refractivity (Wildman–Crippen MR) is 240 cm³/mol. The molecule has 6 aromatic carbocycles. The monoisotopic (exact) mass is 952 g/mol. The molecule has 0 amide bonds. The molecule has 1 aliphatic rings. The standard InChI is InChI=1S/C53H49N4O.Pt/c1-51(2,3)37-18-14-19-40(30-37)55-35-56(48-23-13-12-22-47(48)55)41-20-15-21-42(33-41)58-43-25-26-44-45-31-39(53(7,8)36-16-10-9-11-17-36)24-27-46(45)57(49(44)34-43)50-32-38(28-29-54-50)52(4,5)6;/h9-32,35H,1-8H3;/q-3;. The smallest absolute Gasteiger partial charge is 0.135 e. The first-order valence-electron chi connectivity index (χ1n) is 20.1. The second kappa shape index (κ2) is 15.2. The minimum atomic E-state index is -0.192. The van der Waals surface area contributed by atoms with Crippen LogP contribution in [-0.2, 0) is 37.3 Å². The van der Waals surface area contributed by atoms with Gasteiger partial charge in [-0.15, -0.1) is 48.1 Å². The summed E-state index contributed by atoms with van der Waals surface area (Å²) < 4.78 is 8.87. The van der Waals surface area contributed by atoms with Crippen LogP contribution in [-0.4, -0.2) is 9.55 Å². The Morgan fingerprint density at radius 1 is 0.542 bits per heavy atom. The normalized spacial score (nSPS) is 13.2. The van der Waals surface area contributed by atoms with Crippen molar-refractivity contribution >= 4 is 44.6 Å². The van der Waals surface area contributed by atoms with Gasteiger partial charge in [-0.05, 0) is 80.9 Å². The van der Waals surface area contributed by atoms with Gasteiger partial charge in [0.25, 0.3) is 0 Å². The van der Waals surface area contributed by atoms with Gasteiger partial charge in [0.2, 0.25) is 0 Å². The van der Waals surface area contributed by atoms with Crippen molar-refractivity contribution in [3.8, 4) is 17.3 Å². The molecular weight excluding hydrogens is 904 g/mol. The Bertz CT molecular complexity index is 2810. The molecule has 0 saturated heterocycles. The van der Waals surface area contributed by atoms with Crippen molar-refractivity contribution in [3.63, 3.8) is 0 Å². The first kappa shape index (κ1) is 40.2. The summed E-state index contributed by atoms with van der Waals surface area (Å²) in [6.45, 7) is 20.2. The van der Waals surface area contributed by atoms with Crippen LogP contribution in [0.15, 0.2) is 146 Å². The van der Waals surface area contributed by atoms with E-state index in [1.807, 2.05) is 24.4 Å². The molecule has 0 radical (unpaired) electrons. The van der Waals surface area contributed by atoms with Crippen molar-refractivity contribution in [2.75, 3.05) is 9.80 Å². The number of fused-ring (bicyclic) bond motifs is 4. The number of rotatable bonds is 7. The zero-order chi connectivity index (χ0) is 40.4. The number of nitrogens with zero attached hydrogens (tertiary/aromatic N) is 4. The summed E-state index contributed by atoms with van der Waals surface area (Å²) in [5.41, 5.74) is 11.0. The van der Waals surface area contributed by atoms with Gasteiger partial charge < -0.3 is 19.1 Å². The molecule has 1 aliphatic heterocycles. The zero-order valence-electron chi connectivity index (χ0n) is 34.9. The number of ether oxygens (including phenoxy) is 1. The van der Waals surface area contributed by atoms with E-state index in [0.717, 1.165) is 50.4 Å². The Morgan fingerprint density at radius 3 is 1.95 bits per heavy atom. The molecule has 0 unspecified atom stereocenters. The number of hydrogen-bond acceptors (Lipinski definition) is 4. The van der Waals surface area contributed by atoms with Crippen LogP contribution in [0.3, 0.4) is 0 Å². The van der Waals surface area contributed by atoms with Gasteiger partial charge in [-0.1, -0.05) is 128 Å². The van der Waals surface area contributed by atoms with Crippen LogP contribution >= 0.6 is 0 Å². The van der Waals surface area contributed by atoms with Crippen molar-refractivity contribution in [1.29, 1.82) is 0 Å². The maximum Gasteiger partial charge on any atom is 0.135 e. The van der Waals surface area contributed by atoms with Crippen molar-refractivity contribution < 1.29 is 25.8 Å². The second-order valence-corrected chi connectivity index (χ2v) is 17.9. The SMILES string of the molecule is CC(C)(C)c1cccc(N2[CH-]N(c3[c-]c(Oc4[c-]c5c(cc4)c4cc(C(C)(C)c6ccccc6)ccc4n5-c4cc(C(C)(C)C)ccn4)ccc3)c3ccccc32)c1.[Pt]. The maximum atomic E-state index is 6.64. The summed E-state index contributed by atoms with van der Waals surface area (Å²) in [6, 6.07) is 56.6. The average molecular weight is 953 g/mol. The zero-order valence-corrected chi connectivity index (χ0v) is 37.2. The van der Waals surface area contributed by atoms with Crippen LogP contribution in [0.1, 0.15) is 77.6 Å². The summed E-state index contributed by atoms with van der Waals surface area (Å²) in [5.74, 6) is 2.06. The molecule has 0 spiro atoms. The molecule has 8 aromatic rings. The minimum absolute atomic E-state index is 0. The van der Waals surface area contributed by atoms with Gasteiger partial charge in [-0.2, -0.15) is 12.1 Å². The molecule has 6 heteroatoms. The largest absolute Gasteiger partial charge is 0.509 e. The van der Waals surface area contributed by atoms with Gasteiger partial charge in [-0.3, -0.25) is 0 Å². The Morgan fingerprint density at radius 2 is 1.20 bits per heavy atom. The summed E-state index contributed by atoms with van der Waals surface area (Å²) in [7, 11) is 0. The summed E-state index contributed by atoms with van der Waals surface area (Å²) in [6.07, 6.45) is 1.91. The first-order chi connectivity index (χ1) is 27.8. The van der Waals surface area contributed by atoms with Crippen LogP contribution < -0.4 is 14.5 Å². The third-order valence-corrected chi connectivity index (χ3v) is 11.6. The fourth-order valence-corrected chi connectivity index (χ4v) is 8.03. The van der Waals surface area contributed by atoms with Gasteiger partial charge in [-0.25, -0.2) is 4.98 Å². The number of pyridine rings is 1. The van der Waals surface area contributed by atoms with E-state index in [1.165, 1.54) is 22.3 Å². The van der Waals surface area contributed by atoms with E-state index in [2.05, 4.69) is 210 Å². The third-order valence-electron chi connectivity index (χ3n) is 11.6. The molecule has 3 heterocycles. The molecule has 0 atom stereocenters. The Hall–Kier alpha value is -5.64. The number of anilines is 4. The Labute approximate surface area is 363 Å². The number of para-hydroxylation sites is 2. The topological polar surface area (TPSA) is 33.5 Å². The molecule has 5 nitrogen and oxygen atoms in total. The summed E-state index contributed by atoms with van der Waals surface area (Å²) in [5, 5.41) is 2.24. The molecule has 0 fully saturated rings.